The number of nitrogens with zero attached hydrogens (tertiary/aromatic N) is 1. The average molecular weight is 265 g/mol. The van der Waals surface area contributed by atoms with Crippen LogP contribution < -0.4 is 5.46 Å². The van der Waals surface area contributed by atoms with E-state index < -0.39 is 0 Å². The van der Waals surface area contributed by atoms with Crippen molar-refractivity contribution in [3.8, 4) is 0 Å². The van der Waals surface area contributed by atoms with Gasteiger partial charge in [-0.2, -0.15) is 0 Å². The van der Waals surface area contributed by atoms with Crippen LogP contribution in [0.25, 0.3) is 32.3 Å². The van der Waals surface area contributed by atoms with E-state index in [9.17, 15) is 0 Å². The first-order chi connectivity index (χ1) is 10.4. The van der Waals surface area contributed by atoms with Crippen LogP contribution in [0.2, 0.25) is 0 Å². The van der Waals surface area contributed by atoms with Crippen molar-refractivity contribution in [2.24, 2.45) is 4.90 Å². The molecule has 0 atom stereocenters. The number of hydrogen-bond acceptors (Lipinski definition) is 1. The molecule has 0 amide bonds. The van der Waals surface area contributed by atoms with Crippen LogP contribution in [-0.4, -0.2) is 13.6 Å². The van der Waals surface area contributed by atoms with Gasteiger partial charge in [0.15, 0.2) is 0 Å². The zero-order valence-electron chi connectivity index (χ0n) is 11.5. The third kappa shape index (κ3) is 1.45. The van der Waals surface area contributed by atoms with Crippen LogP contribution in [0, 0.1) is 0 Å². The predicted molar refractivity (Wildman–Crippen MR) is 93.3 cm³/mol. The standard InChI is InChI=1S/C19H12BN/c1-2-4-14-12(3-1)5-7-16-15(14)9-10-18-17(16)8-6-13-11-21-20-19(13)18/h1-11,20H. The largest absolute Gasteiger partial charge is 0.347 e. The first-order valence-electron chi connectivity index (χ1n) is 7.28. The van der Waals surface area contributed by atoms with Crippen LogP contribution in [0.1, 0.15) is 5.56 Å². The molecule has 0 fully saturated rings. The first-order valence-corrected chi connectivity index (χ1v) is 7.28. The molecule has 0 spiro atoms. The van der Waals surface area contributed by atoms with E-state index >= 15 is 0 Å². The van der Waals surface area contributed by atoms with Crippen molar-refractivity contribution in [1.29, 1.82) is 0 Å². The van der Waals surface area contributed by atoms with Crippen LogP contribution in [-0.2, 0) is 0 Å². The summed E-state index contributed by atoms with van der Waals surface area (Å²) in [5.74, 6) is 0. The van der Waals surface area contributed by atoms with E-state index in [1.807, 2.05) is 6.21 Å². The highest BCUT2D eigenvalue weighted by atomic mass is 14.6. The average Bonchev–Trinajstić information content (AvgIpc) is 3.03. The molecule has 0 saturated carbocycles. The smallest absolute Gasteiger partial charge is 0.295 e. The SMILES string of the molecule is B1N=Cc2ccc3c(ccc4c5ccccc5ccc34)c21. The van der Waals surface area contributed by atoms with Crippen LogP contribution >= 0.6 is 0 Å². The third-order valence-electron chi connectivity index (χ3n) is 4.55. The van der Waals surface area contributed by atoms with Crippen LogP contribution in [0.15, 0.2) is 65.6 Å². The molecule has 1 nitrogen and oxygen atoms in total. The van der Waals surface area contributed by atoms with Gasteiger partial charge >= 0.3 is 0 Å². The Morgan fingerprint density at radius 1 is 0.619 bits per heavy atom. The van der Waals surface area contributed by atoms with E-state index in [2.05, 4.69) is 65.6 Å². The van der Waals surface area contributed by atoms with E-state index in [1.54, 1.807) is 0 Å². The van der Waals surface area contributed by atoms with Gasteiger partial charge in [0.2, 0.25) is 0 Å². The molecule has 2 heteroatoms. The van der Waals surface area contributed by atoms with Gasteiger partial charge in [-0.1, -0.05) is 60.7 Å². The fourth-order valence-corrected chi connectivity index (χ4v) is 3.52. The van der Waals surface area contributed by atoms with Crippen molar-refractivity contribution in [2.75, 3.05) is 0 Å². The molecule has 4 aromatic carbocycles. The topological polar surface area (TPSA) is 12.4 Å². The summed E-state index contributed by atoms with van der Waals surface area (Å²) in [6.45, 7) is 0. The Kier molecular flexibility index (Phi) is 2.09. The molecule has 0 unspecified atom stereocenters. The Hall–Kier alpha value is -2.61. The van der Waals surface area contributed by atoms with Crippen molar-refractivity contribution >= 4 is 51.4 Å². The van der Waals surface area contributed by atoms with Crippen molar-refractivity contribution < 1.29 is 0 Å². The fraction of sp³-hybridized carbons (Fsp3) is 0. The number of benzene rings is 4. The van der Waals surface area contributed by atoms with Gasteiger partial charge in [-0.15, -0.1) is 0 Å². The maximum Gasteiger partial charge on any atom is 0.295 e. The molecule has 0 aliphatic carbocycles. The number of fused-ring (bicyclic) bond motifs is 7. The molecule has 1 aliphatic rings. The highest BCUT2D eigenvalue weighted by Crippen LogP contribution is 2.31. The second-order valence-corrected chi connectivity index (χ2v) is 5.65. The predicted octanol–water partition coefficient (Wildman–Crippen LogP) is 3.56. The molecular weight excluding hydrogens is 253 g/mol. The third-order valence-corrected chi connectivity index (χ3v) is 4.55. The lowest BCUT2D eigenvalue weighted by molar-refractivity contribution is 1.78. The van der Waals surface area contributed by atoms with Crippen molar-refractivity contribution in [3.63, 3.8) is 0 Å². The lowest BCUT2D eigenvalue weighted by atomic mass is 9.79. The Labute approximate surface area is 123 Å². The molecular formula is C19H12BN. The van der Waals surface area contributed by atoms with E-state index in [1.165, 1.54) is 43.3 Å². The Balaban J connectivity index is 2.00. The highest BCUT2D eigenvalue weighted by Gasteiger charge is 2.13. The maximum absolute atomic E-state index is 4.41. The molecule has 0 saturated heterocycles. The summed E-state index contributed by atoms with van der Waals surface area (Å²) >= 11 is 0. The summed E-state index contributed by atoms with van der Waals surface area (Å²) in [6, 6.07) is 22.0. The lowest BCUT2D eigenvalue weighted by Crippen LogP contribution is -2.12. The summed E-state index contributed by atoms with van der Waals surface area (Å²) in [5.41, 5.74) is 2.63. The molecule has 0 N–H and O–H groups in total. The normalized spacial score (nSPS) is 13.0. The number of hydrogen-bond donors (Lipinski definition) is 0. The van der Waals surface area contributed by atoms with Gasteiger partial charge in [0, 0.05) is 6.21 Å². The highest BCUT2D eigenvalue weighted by molar-refractivity contribution is 6.61. The maximum atomic E-state index is 4.41. The van der Waals surface area contributed by atoms with Crippen molar-refractivity contribution in [1.82, 2.24) is 0 Å². The summed E-state index contributed by atoms with van der Waals surface area (Å²) < 4.78 is 0. The Bertz CT molecular complexity index is 1060. The van der Waals surface area contributed by atoms with Gasteiger partial charge in [0.1, 0.15) is 0 Å². The second-order valence-electron chi connectivity index (χ2n) is 5.65. The monoisotopic (exact) mass is 265 g/mol. The van der Waals surface area contributed by atoms with Gasteiger partial charge in [0.25, 0.3) is 7.41 Å². The summed E-state index contributed by atoms with van der Waals surface area (Å²) in [6.07, 6.45) is 1.99. The first kappa shape index (κ1) is 11.1. The van der Waals surface area contributed by atoms with Gasteiger partial charge in [-0.25, -0.2) is 0 Å². The van der Waals surface area contributed by atoms with Gasteiger partial charge < -0.3 is 4.90 Å². The van der Waals surface area contributed by atoms with Crippen LogP contribution in [0.3, 0.4) is 0 Å². The summed E-state index contributed by atoms with van der Waals surface area (Å²) in [7, 11) is 0.811. The molecule has 0 bridgehead atoms. The van der Waals surface area contributed by atoms with Gasteiger partial charge in [-0.3, -0.25) is 0 Å². The molecule has 5 rings (SSSR count). The molecule has 4 aromatic rings. The van der Waals surface area contributed by atoms with Gasteiger partial charge in [0.05, 0.1) is 0 Å². The number of rotatable bonds is 0. The molecule has 1 aliphatic heterocycles. The Morgan fingerprint density at radius 3 is 2.33 bits per heavy atom. The van der Waals surface area contributed by atoms with Crippen molar-refractivity contribution in [2.45, 2.75) is 0 Å². The minimum Gasteiger partial charge on any atom is -0.347 e. The second kappa shape index (κ2) is 3.95. The zero-order chi connectivity index (χ0) is 13.8. The van der Waals surface area contributed by atoms with E-state index in [-0.39, 0.29) is 0 Å². The fourth-order valence-electron chi connectivity index (χ4n) is 3.52. The zero-order valence-corrected chi connectivity index (χ0v) is 11.5. The quantitative estimate of drug-likeness (QED) is 0.340. The summed E-state index contributed by atoms with van der Waals surface area (Å²) in [4.78, 5) is 4.41. The minimum absolute atomic E-state index is 0.811. The molecule has 0 aromatic heterocycles. The minimum atomic E-state index is 0.811. The van der Waals surface area contributed by atoms with Crippen molar-refractivity contribution in [3.05, 3.63) is 66.2 Å². The van der Waals surface area contributed by atoms with Gasteiger partial charge in [-0.05, 0) is 43.3 Å². The lowest BCUT2D eigenvalue weighted by Gasteiger charge is -2.10. The molecule has 96 valence electrons. The summed E-state index contributed by atoms with van der Waals surface area (Å²) in [5, 5.41) is 7.97. The van der Waals surface area contributed by atoms with Crippen LogP contribution in [0.4, 0.5) is 0 Å². The molecule has 21 heavy (non-hydrogen) atoms. The Morgan fingerprint density at radius 2 is 1.33 bits per heavy atom. The molecule has 1 heterocycles. The molecule has 0 radical (unpaired) electrons. The van der Waals surface area contributed by atoms with E-state index in [0.717, 1.165) is 7.41 Å². The van der Waals surface area contributed by atoms with E-state index in [0.29, 0.717) is 0 Å². The van der Waals surface area contributed by atoms with Crippen LogP contribution in [0.5, 0.6) is 0 Å². The van der Waals surface area contributed by atoms with E-state index in [4.69, 9.17) is 0 Å².